The summed E-state index contributed by atoms with van der Waals surface area (Å²) in [6, 6.07) is 0. The van der Waals surface area contributed by atoms with E-state index in [1.165, 1.54) is 128 Å². The summed E-state index contributed by atoms with van der Waals surface area (Å²) in [5.41, 5.74) is 0. The van der Waals surface area contributed by atoms with Gasteiger partial charge in [-0.1, -0.05) is 248 Å². The second-order valence-electron chi connectivity index (χ2n) is 18.8. The molecule has 1 unspecified atom stereocenters. The number of ether oxygens (including phenoxy) is 3. The van der Waals surface area contributed by atoms with Crippen LogP contribution in [-0.2, 0) is 28.6 Å². The van der Waals surface area contributed by atoms with Crippen molar-refractivity contribution in [2.24, 2.45) is 0 Å². The smallest absolute Gasteiger partial charge is 0.306 e. The molecule has 0 amide bonds. The van der Waals surface area contributed by atoms with Crippen LogP contribution >= 0.6 is 0 Å². The Balaban J connectivity index is 3.91. The van der Waals surface area contributed by atoms with E-state index in [1.54, 1.807) is 0 Å². The zero-order chi connectivity index (χ0) is 48.6. The summed E-state index contributed by atoms with van der Waals surface area (Å²) in [5, 5.41) is 0. The number of hydrogen-bond acceptors (Lipinski definition) is 6. The monoisotopic (exact) mass is 935 g/mol. The molecule has 0 spiro atoms. The van der Waals surface area contributed by atoms with Crippen molar-refractivity contribution >= 4 is 17.9 Å². The lowest BCUT2D eigenvalue weighted by Crippen LogP contribution is -2.30. The predicted molar refractivity (Wildman–Crippen MR) is 288 cm³/mol. The Bertz CT molecular complexity index is 1260. The molecule has 0 saturated carbocycles. The van der Waals surface area contributed by atoms with Crippen LogP contribution in [0.5, 0.6) is 0 Å². The van der Waals surface area contributed by atoms with E-state index in [2.05, 4.69) is 93.7 Å². The molecule has 386 valence electrons. The van der Waals surface area contributed by atoms with Gasteiger partial charge in [0.1, 0.15) is 13.2 Å². The first-order chi connectivity index (χ1) is 33.0. The van der Waals surface area contributed by atoms with Crippen LogP contribution in [0, 0.1) is 0 Å². The molecule has 0 aromatic heterocycles. The third kappa shape index (κ3) is 53.7. The molecule has 0 fully saturated rings. The Kier molecular flexibility index (Phi) is 52.8. The molecule has 1 atom stereocenters. The first kappa shape index (κ1) is 63.8. The zero-order valence-corrected chi connectivity index (χ0v) is 44.2. The van der Waals surface area contributed by atoms with Crippen LogP contribution in [0.3, 0.4) is 0 Å². The summed E-state index contributed by atoms with van der Waals surface area (Å²) in [6.07, 6.45) is 71.0. The fourth-order valence-electron chi connectivity index (χ4n) is 7.94. The molecule has 0 radical (unpaired) electrons. The fraction of sp³-hybridized carbons (Fsp3) is 0.754. The van der Waals surface area contributed by atoms with Crippen LogP contribution in [0.4, 0.5) is 0 Å². The van der Waals surface area contributed by atoms with Crippen LogP contribution in [0.1, 0.15) is 278 Å². The highest BCUT2D eigenvalue weighted by Crippen LogP contribution is 2.16. The van der Waals surface area contributed by atoms with Gasteiger partial charge in [0.2, 0.25) is 0 Å². The minimum atomic E-state index is -0.771. The molecule has 6 heteroatoms. The highest BCUT2D eigenvalue weighted by atomic mass is 16.6. The molecule has 0 N–H and O–H groups in total. The first-order valence-electron chi connectivity index (χ1n) is 28.4. The zero-order valence-electron chi connectivity index (χ0n) is 44.2. The standard InChI is InChI=1S/C61H106O6/c1-4-7-10-13-16-18-20-21-22-23-24-25-26-27-28-29-30-31-32-33-34-35-36-37-38-39-40-41-42-44-45-48-51-54-60(63)66-57-58(56-65-59(62)53-50-47-15-12-9-6-3)67-61(64)55-52-49-46-43-19-17-14-11-8-5-2/h7,10-11,14,16,18,21-22,24-25,27-28,58H,4-6,8-9,12-13,15,17,19-20,23,26,29-57H2,1-3H3/b10-7-,14-11-,18-16-,22-21-,25-24-,28-27-. The Morgan fingerprint density at radius 3 is 0.985 bits per heavy atom. The van der Waals surface area contributed by atoms with Gasteiger partial charge in [-0.15, -0.1) is 0 Å². The third-order valence-electron chi connectivity index (χ3n) is 12.2. The van der Waals surface area contributed by atoms with Crippen molar-refractivity contribution in [3.8, 4) is 0 Å². The summed E-state index contributed by atoms with van der Waals surface area (Å²) in [7, 11) is 0. The Morgan fingerprint density at radius 1 is 0.313 bits per heavy atom. The summed E-state index contributed by atoms with van der Waals surface area (Å²) < 4.78 is 16.7. The molecule has 0 aliphatic rings. The Labute approximate surface area is 414 Å². The van der Waals surface area contributed by atoms with E-state index in [1.807, 2.05) is 0 Å². The first-order valence-corrected chi connectivity index (χ1v) is 28.4. The normalized spacial score (nSPS) is 12.6. The number of unbranched alkanes of at least 4 members (excludes halogenated alkanes) is 28. The van der Waals surface area contributed by atoms with Crippen LogP contribution < -0.4 is 0 Å². The van der Waals surface area contributed by atoms with Gasteiger partial charge in [-0.25, -0.2) is 0 Å². The van der Waals surface area contributed by atoms with E-state index in [9.17, 15) is 14.4 Å². The number of rotatable bonds is 51. The molecule has 0 aliphatic heterocycles. The maximum atomic E-state index is 12.7. The lowest BCUT2D eigenvalue weighted by Gasteiger charge is -2.18. The largest absolute Gasteiger partial charge is 0.462 e. The highest BCUT2D eigenvalue weighted by molar-refractivity contribution is 5.71. The van der Waals surface area contributed by atoms with Gasteiger partial charge in [0.05, 0.1) is 0 Å². The van der Waals surface area contributed by atoms with E-state index < -0.39 is 6.10 Å². The van der Waals surface area contributed by atoms with E-state index in [-0.39, 0.29) is 31.1 Å². The van der Waals surface area contributed by atoms with Crippen molar-refractivity contribution in [2.45, 2.75) is 284 Å². The van der Waals surface area contributed by atoms with Gasteiger partial charge in [0.25, 0.3) is 0 Å². The quantitative estimate of drug-likeness (QED) is 0.0262. The SMILES string of the molecule is CC/C=C\C/C=C\C/C=C\C/C=C\C/C=C\CCCCCCCCCCCCCCCCCCCC(=O)OCC(COC(=O)CCCCCCCC)OC(=O)CCCCCCC/C=C\CCC. The molecule has 0 aromatic rings. The van der Waals surface area contributed by atoms with Crippen LogP contribution in [0.2, 0.25) is 0 Å². The molecule has 0 saturated heterocycles. The van der Waals surface area contributed by atoms with Gasteiger partial charge >= 0.3 is 17.9 Å². The fourth-order valence-corrected chi connectivity index (χ4v) is 7.94. The summed E-state index contributed by atoms with van der Waals surface area (Å²) >= 11 is 0. The lowest BCUT2D eigenvalue weighted by molar-refractivity contribution is -0.167. The third-order valence-corrected chi connectivity index (χ3v) is 12.2. The van der Waals surface area contributed by atoms with Crippen molar-refractivity contribution in [1.29, 1.82) is 0 Å². The van der Waals surface area contributed by atoms with E-state index in [4.69, 9.17) is 14.2 Å². The van der Waals surface area contributed by atoms with E-state index in [0.29, 0.717) is 19.3 Å². The second kappa shape index (κ2) is 55.4. The summed E-state index contributed by atoms with van der Waals surface area (Å²) in [6.45, 7) is 6.40. The molecular weight excluding hydrogens is 829 g/mol. The molecule has 0 aliphatic carbocycles. The number of allylic oxidation sites excluding steroid dienone is 12. The minimum absolute atomic E-state index is 0.0755. The number of esters is 3. The lowest BCUT2D eigenvalue weighted by atomic mass is 10.0. The molecule has 0 rings (SSSR count). The van der Waals surface area contributed by atoms with Crippen LogP contribution in [0.25, 0.3) is 0 Å². The van der Waals surface area contributed by atoms with E-state index in [0.717, 1.165) is 109 Å². The van der Waals surface area contributed by atoms with E-state index >= 15 is 0 Å². The van der Waals surface area contributed by atoms with Gasteiger partial charge in [-0.3, -0.25) is 14.4 Å². The molecular formula is C61H106O6. The topological polar surface area (TPSA) is 78.9 Å². The van der Waals surface area contributed by atoms with Gasteiger partial charge in [0, 0.05) is 19.3 Å². The summed E-state index contributed by atoms with van der Waals surface area (Å²) in [4.78, 5) is 37.7. The van der Waals surface area contributed by atoms with Crippen molar-refractivity contribution in [3.63, 3.8) is 0 Å². The molecule has 67 heavy (non-hydrogen) atoms. The summed E-state index contributed by atoms with van der Waals surface area (Å²) in [5.74, 6) is -0.891. The van der Waals surface area contributed by atoms with Crippen molar-refractivity contribution < 1.29 is 28.6 Å². The van der Waals surface area contributed by atoms with Gasteiger partial charge in [-0.05, 0) is 83.5 Å². The molecule has 0 bridgehead atoms. The molecule has 0 aromatic carbocycles. The van der Waals surface area contributed by atoms with Gasteiger partial charge in [-0.2, -0.15) is 0 Å². The molecule has 6 nitrogen and oxygen atoms in total. The Hall–Kier alpha value is -3.15. The van der Waals surface area contributed by atoms with Crippen LogP contribution in [-0.4, -0.2) is 37.2 Å². The van der Waals surface area contributed by atoms with Crippen LogP contribution in [0.15, 0.2) is 72.9 Å². The van der Waals surface area contributed by atoms with Crippen molar-refractivity contribution in [3.05, 3.63) is 72.9 Å². The number of carbonyl (C=O) groups excluding carboxylic acids is 3. The minimum Gasteiger partial charge on any atom is -0.462 e. The molecule has 0 heterocycles. The average molecular weight is 936 g/mol. The average Bonchev–Trinajstić information content (AvgIpc) is 3.33. The number of carbonyl (C=O) groups is 3. The van der Waals surface area contributed by atoms with Crippen molar-refractivity contribution in [2.75, 3.05) is 13.2 Å². The second-order valence-corrected chi connectivity index (χ2v) is 18.8. The van der Waals surface area contributed by atoms with Gasteiger partial charge < -0.3 is 14.2 Å². The maximum Gasteiger partial charge on any atom is 0.306 e. The Morgan fingerprint density at radius 2 is 0.612 bits per heavy atom. The van der Waals surface area contributed by atoms with Gasteiger partial charge in [0.15, 0.2) is 6.10 Å². The maximum absolute atomic E-state index is 12.7. The number of hydrogen-bond donors (Lipinski definition) is 0. The highest BCUT2D eigenvalue weighted by Gasteiger charge is 2.19. The van der Waals surface area contributed by atoms with Crippen molar-refractivity contribution in [1.82, 2.24) is 0 Å². The predicted octanol–water partition coefficient (Wildman–Crippen LogP) is 19.0.